The molecule has 1 aliphatic carbocycles. The second-order valence-corrected chi connectivity index (χ2v) is 7.08. The molecule has 0 bridgehead atoms. The third kappa shape index (κ3) is 2.99. The van der Waals surface area contributed by atoms with Crippen LogP contribution in [0, 0.1) is 5.92 Å². The highest BCUT2D eigenvalue weighted by Gasteiger charge is 2.18. The van der Waals surface area contributed by atoms with Gasteiger partial charge in [-0.1, -0.05) is 11.6 Å². The van der Waals surface area contributed by atoms with Crippen LogP contribution in [0.5, 0.6) is 0 Å². The number of aryl methyl sites for hydroxylation is 1. The van der Waals surface area contributed by atoms with Crippen LogP contribution in [0.3, 0.4) is 0 Å². The number of allylic oxidation sites excluding steroid dienone is 3. The highest BCUT2D eigenvalue weighted by atomic mass is 35.5. The van der Waals surface area contributed by atoms with Crippen molar-refractivity contribution in [2.45, 2.75) is 19.8 Å². The minimum atomic E-state index is -0.154. The molecule has 4 rings (SSSR count). The first kappa shape index (κ1) is 16.8. The first-order chi connectivity index (χ1) is 12.6. The molecule has 0 unspecified atom stereocenters. The van der Waals surface area contributed by atoms with Crippen molar-refractivity contribution in [1.29, 1.82) is 0 Å². The van der Waals surface area contributed by atoms with E-state index in [1.54, 1.807) is 17.1 Å². The number of aromatic nitrogens is 3. The number of imidazole rings is 1. The van der Waals surface area contributed by atoms with Gasteiger partial charge in [0.05, 0.1) is 17.4 Å². The lowest BCUT2D eigenvalue weighted by Crippen LogP contribution is -2.19. The number of aliphatic imine (C=N–C) groups is 1. The maximum Gasteiger partial charge on any atom is 0.283 e. The van der Waals surface area contributed by atoms with Crippen LogP contribution in [0.4, 0.5) is 0 Å². The van der Waals surface area contributed by atoms with Gasteiger partial charge in [0.2, 0.25) is 0 Å². The van der Waals surface area contributed by atoms with Crippen molar-refractivity contribution in [3.63, 3.8) is 0 Å². The van der Waals surface area contributed by atoms with E-state index in [1.807, 2.05) is 55.1 Å². The normalized spacial score (nSPS) is 15.9. The second kappa shape index (κ2) is 6.57. The van der Waals surface area contributed by atoms with Crippen molar-refractivity contribution in [2.24, 2.45) is 18.0 Å². The summed E-state index contributed by atoms with van der Waals surface area (Å²) in [7, 11) is 1.89. The van der Waals surface area contributed by atoms with E-state index in [9.17, 15) is 4.79 Å². The zero-order valence-corrected chi connectivity index (χ0v) is 15.4. The molecule has 2 aromatic heterocycles. The van der Waals surface area contributed by atoms with E-state index in [-0.39, 0.29) is 5.56 Å². The van der Waals surface area contributed by atoms with Crippen LogP contribution in [-0.2, 0) is 7.05 Å². The van der Waals surface area contributed by atoms with Crippen LogP contribution >= 0.6 is 11.6 Å². The lowest BCUT2D eigenvalue weighted by Gasteiger charge is -2.12. The first-order valence-electron chi connectivity index (χ1n) is 8.58. The van der Waals surface area contributed by atoms with E-state index in [0.29, 0.717) is 16.5 Å². The smallest absolute Gasteiger partial charge is 0.283 e. The minimum Gasteiger partial charge on any atom is -0.333 e. The highest BCUT2D eigenvalue weighted by Crippen LogP contribution is 2.27. The van der Waals surface area contributed by atoms with Gasteiger partial charge >= 0.3 is 0 Å². The number of halogens is 1. The Balaban J connectivity index is 1.88. The molecule has 0 saturated heterocycles. The van der Waals surface area contributed by atoms with E-state index in [0.717, 1.165) is 22.1 Å². The summed E-state index contributed by atoms with van der Waals surface area (Å²) in [5.74, 6) is 0.644. The fourth-order valence-corrected chi connectivity index (χ4v) is 3.25. The number of rotatable bonds is 4. The van der Waals surface area contributed by atoms with Gasteiger partial charge in [-0.3, -0.25) is 14.4 Å². The number of hydrogen-bond donors (Lipinski definition) is 0. The number of hydrogen-bond acceptors (Lipinski definition) is 3. The lowest BCUT2D eigenvalue weighted by atomic mass is 10.1. The first-order valence-corrected chi connectivity index (χ1v) is 8.96. The molecular formula is C20H19ClN4O. The molecule has 132 valence electrons. The number of nitrogens with zero attached hydrogens (tertiary/aromatic N) is 4. The molecule has 1 aromatic carbocycles. The molecule has 1 saturated carbocycles. The molecule has 3 aromatic rings. The Morgan fingerprint density at radius 2 is 2.19 bits per heavy atom. The topological polar surface area (TPSA) is 52.2 Å². The van der Waals surface area contributed by atoms with Gasteiger partial charge in [-0.25, -0.2) is 4.98 Å². The molecule has 0 spiro atoms. The van der Waals surface area contributed by atoms with Crippen molar-refractivity contribution in [3.8, 4) is 0 Å². The third-order valence-corrected chi connectivity index (χ3v) is 4.81. The number of fused-ring (bicyclic) bond motifs is 3. The Bertz CT molecular complexity index is 1150. The quantitative estimate of drug-likeness (QED) is 0.507. The zero-order chi connectivity index (χ0) is 18.3. The van der Waals surface area contributed by atoms with Gasteiger partial charge in [0, 0.05) is 35.6 Å². The molecule has 0 amide bonds. The van der Waals surface area contributed by atoms with E-state index >= 15 is 0 Å². The molecule has 5 nitrogen and oxygen atoms in total. The summed E-state index contributed by atoms with van der Waals surface area (Å²) >= 11 is 6.20. The maximum absolute atomic E-state index is 13.0. The monoisotopic (exact) mass is 366 g/mol. The predicted octanol–water partition coefficient (Wildman–Crippen LogP) is 4.40. The molecule has 0 atom stereocenters. The minimum absolute atomic E-state index is 0.154. The van der Waals surface area contributed by atoms with Crippen molar-refractivity contribution in [2.75, 3.05) is 0 Å². The fourth-order valence-electron chi connectivity index (χ4n) is 3.08. The molecule has 1 aliphatic rings. The summed E-state index contributed by atoms with van der Waals surface area (Å²) in [6, 6.07) is 5.58. The molecule has 26 heavy (non-hydrogen) atoms. The molecule has 6 heteroatoms. The van der Waals surface area contributed by atoms with Crippen molar-refractivity contribution >= 4 is 45.4 Å². The van der Waals surface area contributed by atoms with Gasteiger partial charge in [-0.15, -0.1) is 0 Å². The SMILES string of the molecule is C\C(=C/C=C\N=C\C1CC1)n1c(=O)c2ncn(C)c2c2ccc(Cl)cc21. The van der Waals surface area contributed by atoms with E-state index in [1.165, 1.54) is 12.8 Å². The Labute approximate surface area is 155 Å². The van der Waals surface area contributed by atoms with Crippen LogP contribution in [-0.4, -0.2) is 20.3 Å². The average molecular weight is 367 g/mol. The summed E-state index contributed by atoms with van der Waals surface area (Å²) in [6.07, 6.45) is 11.6. The van der Waals surface area contributed by atoms with Crippen LogP contribution < -0.4 is 5.56 Å². The Morgan fingerprint density at radius 1 is 1.38 bits per heavy atom. The van der Waals surface area contributed by atoms with Gasteiger partial charge in [-0.05, 0) is 56.0 Å². The van der Waals surface area contributed by atoms with Crippen LogP contribution in [0.15, 0.2) is 52.7 Å². The largest absolute Gasteiger partial charge is 0.333 e. The van der Waals surface area contributed by atoms with Gasteiger partial charge in [0.1, 0.15) is 0 Å². The average Bonchev–Trinajstić information content (AvgIpc) is 3.35. The highest BCUT2D eigenvalue weighted by molar-refractivity contribution is 6.31. The van der Waals surface area contributed by atoms with Crippen LogP contribution in [0.2, 0.25) is 5.02 Å². The van der Waals surface area contributed by atoms with Crippen molar-refractivity contribution in [3.05, 3.63) is 58.3 Å². The number of benzene rings is 1. The Hall–Kier alpha value is -2.66. The van der Waals surface area contributed by atoms with Crippen LogP contribution in [0.1, 0.15) is 19.8 Å². The third-order valence-electron chi connectivity index (χ3n) is 4.58. The number of pyridine rings is 1. The predicted molar refractivity (Wildman–Crippen MR) is 108 cm³/mol. The molecule has 1 fully saturated rings. The molecular weight excluding hydrogens is 348 g/mol. The zero-order valence-electron chi connectivity index (χ0n) is 14.7. The summed E-state index contributed by atoms with van der Waals surface area (Å²) in [6.45, 7) is 1.89. The van der Waals surface area contributed by atoms with Crippen molar-refractivity contribution < 1.29 is 0 Å². The second-order valence-electron chi connectivity index (χ2n) is 6.64. The van der Waals surface area contributed by atoms with Gasteiger partial charge in [0.25, 0.3) is 5.56 Å². The summed E-state index contributed by atoms with van der Waals surface area (Å²) < 4.78 is 3.52. The van der Waals surface area contributed by atoms with Gasteiger partial charge in [0.15, 0.2) is 5.52 Å². The fraction of sp³-hybridized carbons (Fsp3) is 0.250. The molecule has 0 N–H and O–H groups in total. The van der Waals surface area contributed by atoms with E-state index in [2.05, 4.69) is 9.98 Å². The van der Waals surface area contributed by atoms with Gasteiger partial charge < -0.3 is 4.57 Å². The lowest BCUT2D eigenvalue weighted by molar-refractivity contribution is 0.950. The van der Waals surface area contributed by atoms with Crippen molar-refractivity contribution in [1.82, 2.24) is 14.1 Å². The standard InChI is InChI=1S/C20H19ClN4O/c1-13(4-3-9-22-11-14-5-6-14)25-17-10-15(21)7-8-16(17)19-18(20(25)26)23-12-24(19)2/h3-4,7-12,14H,5-6H2,1-2H3/b9-3-,13-4+,22-11+. The summed E-state index contributed by atoms with van der Waals surface area (Å²) in [4.78, 5) is 21.6. The Morgan fingerprint density at radius 3 is 2.96 bits per heavy atom. The molecule has 0 aliphatic heterocycles. The molecule has 2 heterocycles. The van der Waals surface area contributed by atoms with Gasteiger partial charge in [-0.2, -0.15) is 0 Å². The summed E-state index contributed by atoms with van der Waals surface area (Å²) in [5, 5.41) is 1.53. The van der Waals surface area contributed by atoms with E-state index < -0.39 is 0 Å². The summed E-state index contributed by atoms with van der Waals surface area (Å²) in [5.41, 5.74) is 2.66. The Kier molecular flexibility index (Phi) is 4.24. The van der Waals surface area contributed by atoms with Crippen LogP contribution in [0.25, 0.3) is 27.6 Å². The molecule has 0 radical (unpaired) electrons. The van der Waals surface area contributed by atoms with E-state index in [4.69, 9.17) is 11.6 Å². The maximum atomic E-state index is 13.0.